The van der Waals surface area contributed by atoms with Crippen molar-refractivity contribution in [3.05, 3.63) is 29.8 Å². The zero-order valence-corrected chi connectivity index (χ0v) is 25.7. The maximum absolute atomic E-state index is 12.2. The quantitative estimate of drug-likeness (QED) is 0.0697. The first-order valence-corrected chi connectivity index (χ1v) is 14.8. The first kappa shape index (κ1) is 40.6. The Morgan fingerprint density at radius 3 is 1.36 bits per heavy atom. The minimum atomic E-state index is -5.06. The molecule has 0 fully saturated rings. The van der Waals surface area contributed by atoms with Crippen molar-refractivity contribution in [2.45, 2.75) is 19.0 Å². The highest BCUT2D eigenvalue weighted by molar-refractivity contribution is 5.78. The van der Waals surface area contributed by atoms with Crippen molar-refractivity contribution in [1.29, 1.82) is 0 Å². The van der Waals surface area contributed by atoms with E-state index in [4.69, 9.17) is 43.6 Å². The SMILES string of the molecule is NCCOCCOCCOCCOCCOCCOCCOCCOCCC(=O)NCCc1ccc(OC(=O)C(F)(F)F)cc1. The molecule has 260 valence electrons. The van der Waals surface area contributed by atoms with Gasteiger partial charge in [-0.2, -0.15) is 13.2 Å². The lowest BCUT2D eigenvalue weighted by Crippen LogP contribution is -2.28. The summed E-state index contributed by atoms with van der Waals surface area (Å²) in [5.74, 6) is -2.68. The van der Waals surface area contributed by atoms with E-state index in [0.29, 0.717) is 119 Å². The van der Waals surface area contributed by atoms with Crippen molar-refractivity contribution < 1.29 is 65.4 Å². The van der Waals surface area contributed by atoms with E-state index >= 15 is 0 Å². The molecule has 0 aliphatic rings. The van der Waals surface area contributed by atoms with Gasteiger partial charge in [-0.3, -0.25) is 4.79 Å². The fourth-order valence-corrected chi connectivity index (χ4v) is 3.21. The summed E-state index contributed by atoms with van der Waals surface area (Å²) in [6.45, 7) is 8.00. The molecule has 13 nitrogen and oxygen atoms in total. The molecule has 3 N–H and O–H groups in total. The standard InChI is InChI=1S/C29H47F3N2O11/c30-29(31,32)28(36)45-26-3-1-25(2-4-26)5-8-34-27(35)6-9-37-11-13-39-15-17-41-19-21-43-23-24-44-22-20-42-18-16-40-14-12-38-10-7-33/h1-4H,5-24,33H2,(H,34,35). The Bertz CT molecular complexity index is 865. The van der Waals surface area contributed by atoms with Crippen LogP contribution in [0.5, 0.6) is 5.75 Å². The van der Waals surface area contributed by atoms with Gasteiger partial charge in [0.15, 0.2) is 0 Å². The molecule has 1 aromatic carbocycles. The number of alkyl halides is 3. The van der Waals surface area contributed by atoms with Crippen molar-refractivity contribution in [2.75, 3.05) is 119 Å². The number of rotatable bonds is 30. The third-order valence-corrected chi connectivity index (χ3v) is 5.44. The molecular formula is C29H47F3N2O11. The molecule has 1 aromatic rings. The average Bonchev–Trinajstić information content (AvgIpc) is 3.01. The van der Waals surface area contributed by atoms with Gasteiger partial charge in [0.1, 0.15) is 5.75 Å². The Kier molecular flexibility index (Phi) is 25.1. The highest BCUT2D eigenvalue weighted by Crippen LogP contribution is 2.20. The summed E-state index contributed by atoms with van der Waals surface area (Å²) in [4.78, 5) is 22.7. The topological polar surface area (TPSA) is 155 Å². The van der Waals surface area contributed by atoms with E-state index in [2.05, 4.69) is 10.1 Å². The second-order valence-electron chi connectivity index (χ2n) is 9.07. The van der Waals surface area contributed by atoms with Crippen molar-refractivity contribution in [3.63, 3.8) is 0 Å². The number of nitrogens with one attached hydrogen (secondary N) is 1. The molecule has 0 bridgehead atoms. The van der Waals surface area contributed by atoms with Crippen LogP contribution in [0.25, 0.3) is 0 Å². The van der Waals surface area contributed by atoms with Gasteiger partial charge < -0.3 is 53.7 Å². The van der Waals surface area contributed by atoms with Crippen molar-refractivity contribution in [2.24, 2.45) is 5.73 Å². The van der Waals surface area contributed by atoms with Crippen LogP contribution in [-0.4, -0.2) is 137 Å². The number of esters is 1. The highest BCUT2D eigenvalue weighted by atomic mass is 19.4. The normalized spacial score (nSPS) is 11.6. The largest absolute Gasteiger partial charge is 0.491 e. The monoisotopic (exact) mass is 656 g/mol. The Labute approximate surface area is 262 Å². The smallest absolute Gasteiger partial charge is 0.420 e. The van der Waals surface area contributed by atoms with E-state index < -0.39 is 12.1 Å². The highest BCUT2D eigenvalue weighted by Gasteiger charge is 2.41. The maximum atomic E-state index is 12.2. The number of amides is 1. The van der Waals surface area contributed by atoms with E-state index in [-0.39, 0.29) is 24.7 Å². The number of benzene rings is 1. The Morgan fingerprint density at radius 1 is 0.600 bits per heavy atom. The van der Waals surface area contributed by atoms with Gasteiger partial charge in [-0.1, -0.05) is 12.1 Å². The van der Waals surface area contributed by atoms with Crippen LogP contribution in [0.3, 0.4) is 0 Å². The first-order chi connectivity index (χ1) is 21.8. The first-order valence-electron chi connectivity index (χ1n) is 14.8. The molecule has 0 heterocycles. The lowest BCUT2D eigenvalue weighted by molar-refractivity contribution is -0.189. The zero-order valence-electron chi connectivity index (χ0n) is 25.7. The Balaban J connectivity index is 1.79. The molecule has 0 radical (unpaired) electrons. The second-order valence-corrected chi connectivity index (χ2v) is 9.07. The van der Waals surface area contributed by atoms with Crippen molar-refractivity contribution >= 4 is 11.9 Å². The summed E-state index contributed by atoms with van der Waals surface area (Å²) in [6, 6.07) is 5.57. The number of carbonyl (C=O) groups excluding carboxylic acids is 2. The minimum absolute atomic E-state index is 0.177. The number of hydrogen-bond donors (Lipinski definition) is 2. The summed E-state index contributed by atoms with van der Waals surface area (Å²) < 4.78 is 83.9. The minimum Gasteiger partial charge on any atom is -0.420 e. The average molecular weight is 657 g/mol. The molecular weight excluding hydrogens is 609 g/mol. The van der Waals surface area contributed by atoms with Crippen LogP contribution in [0, 0.1) is 0 Å². The molecule has 0 spiro atoms. The van der Waals surface area contributed by atoms with Crippen molar-refractivity contribution in [3.8, 4) is 5.75 Å². The third kappa shape index (κ3) is 25.5. The van der Waals surface area contributed by atoms with Gasteiger partial charge in [0.2, 0.25) is 5.91 Å². The third-order valence-electron chi connectivity index (χ3n) is 5.44. The molecule has 45 heavy (non-hydrogen) atoms. The van der Waals surface area contributed by atoms with Gasteiger partial charge in [0.25, 0.3) is 0 Å². The Morgan fingerprint density at radius 2 is 0.978 bits per heavy atom. The summed E-state index contributed by atoms with van der Waals surface area (Å²) in [5.41, 5.74) is 6.07. The van der Waals surface area contributed by atoms with Crippen LogP contribution >= 0.6 is 0 Å². The molecule has 16 heteroatoms. The van der Waals surface area contributed by atoms with Gasteiger partial charge in [0, 0.05) is 19.5 Å². The van der Waals surface area contributed by atoms with Crippen LogP contribution in [0.15, 0.2) is 24.3 Å². The van der Waals surface area contributed by atoms with Crippen LogP contribution < -0.4 is 15.8 Å². The van der Waals surface area contributed by atoms with E-state index in [0.717, 1.165) is 5.56 Å². The van der Waals surface area contributed by atoms with Gasteiger partial charge in [-0.25, -0.2) is 4.79 Å². The van der Waals surface area contributed by atoms with Crippen LogP contribution in [0.1, 0.15) is 12.0 Å². The van der Waals surface area contributed by atoms with Crippen LogP contribution in [0.4, 0.5) is 13.2 Å². The second kappa shape index (κ2) is 27.9. The molecule has 0 aromatic heterocycles. The lowest BCUT2D eigenvalue weighted by atomic mass is 10.1. The number of ether oxygens (including phenoxy) is 9. The molecule has 0 saturated carbocycles. The van der Waals surface area contributed by atoms with Gasteiger partial charge in [-0.15, -0.1) is 0 Å². The summed E-state index contributed by atoms with van der Waals surface area (Å²) in [6.07, 6.45) is -4.42. The van der Waals surface area contributed by atoms with Crippen LogP contribution in [-0.2, 0) is 53.9 Å². The Hall–Kier alpha value is -2.41. The van der Waals surface area contributed by atoms with Crippen molar-refractivity contribution in [1.82, 2.24) is 5.32 Å². The number of nitrogens with two attached hydrogens (primary N) is 1. The molecule has 0 saturated heterocycles. The van der Waals surface area contributed by atoms with Gasteiger partial charge in [0.05, 0.1) is 106 Å². The van der Waals surface area contributed by atoms with E-state index in [9.17, 15) is 22.8 Å². The zero-order chi connectivity index (χ0) is 32.9. The molecule has 1 rings (SSSR count). The van der Waals surface area contributed by atoms with Crippen LogP contribution in [0.2, 0.25) is 0 Å². The lowest BCUT2D eigenvalue weighted by Gasteiger charge is -2.09. The van der Waals surface area contributed by atoms with Gasteiger partial charge >= 0.3 is 12.1 Å². The molecule has 0 aliphatic heterocycles. The number of halogens is 3. The van der Waals surface area contributed by atoms with E-state index in [1.165, 1.54) is 24.3 Å². The van der Waals surface area contributed by atoms with E-state index in [1.54, 1.807) is 0 Å². The molecule has 0 atom stereocenters. The van der Waals surface area contributed by atoms with Gasteiger partial charge in [-0.05, 0) is 24.1 Å². The van der Waals surface area contributed by atoms with E-state index in [1.807, 2.05) is 0 Å². The molecule has 0 unspecified atom stereocenters. The molecule has 1 amide bonds. The predicted octanol–water partition coefficient (Wildman–Crippen LogP) is 1.29. The summed E-state index contributed by atoms with van der Waals surface area (Å²) in [5, 5.41) is 2.73. The predicted molar refractivity (Wildman–Crippen MR) is 155 cm³/mol. The summed E-state index contributed by atoms with van der Waals surface area (Å²) >= 11 is 0. The number of hydrogen-bond acceptors (Lipinski definition) is 12. The number of carbonyl (C=O) groups is 2. The fraction of sp³-hybridized carbons (Fsp3) is 0.724. The maximum Gasteiger partial charge on any atom is 0.491 e. The molecule has 0 aliphatic carbocycles. The fourth-order valence-electron chi connectivity index (χ4n) is 3.21. The summed E-state index contributed by atoms with van der Waals surface area (Å²) in [7, 11) is 0.